The van der Waals surface area contributed by atoms with E-state index in [1.807, 2.05) is 74.4 Å². The lowest BCUT2D eigenvalue weighted by atomic mass is 10.2. The molecule has 0 aromatic carbocycles. The van der Waals surface area contributed by atoms with Crippen LogP contribution in [0.1, 0.15) is 78.5 Å². The zero-order valence-electron chi connectivity index (χ0n) is 25.3. The third-order valence-electron chi connectivity index (χ3n) is 5.54. The number of rotatable bonds is 7. The Morgan fingerprint density at radius 3 is 1.49 bits per heavy atom. The summed E-state index contributed by atoms with van der Waals surface area (Å²) in [6, 6.07) is 5.35. The first kappa shape index (κ1) is 32.7. The quantitative estimate of drug-likeness (QED) is 0.373. The molecule has 1 fully saturated rings. The first-order valence-electron chi connectivity index (χ1n) is 13.7. The molecular weight excluding hydrogens is 500 g/mol. The van der Waals surface area contributed by atoms with E-state index in [1.54, 1.807) is 6.07 Å². The average Bonchev–Trinajstić information content (AvgIpc) is 2.82. The van der Waals surface area contributed by atoms with Crippen molar-refractivity contribution in [3.8, 4) is 0 Å². The van der Waals surface area contributed by atoms with Gasteiger partial charge in [-0.05, 0) is 74.4 Å². The molecule has 0 unspecified atom stereocenters. The third-order valence-corrected chi connectivity index (χ3v) is 5.54. The van der Waals surface area contributed by atoms with E-state index < -0.39 is 22.8 Å². The Morgan fingerprint density at radius 2 is 1.08 bits per heavy atom. The highest BCUT2D eigenvalue weighted by Gasteiger charge is 2.25. The molecule has 2 heterocycles. The van der Waals surface area contributed by atoms with Crippen molar-refractivity contribution in [2.24, 2.45) is 0 Å². The molecule has 1 aliphatic heterocycles. The van der Waals surface area contributed by atoms with Gasteiger partial charge in [0.05, 0.1) is 18.8 Å². The molecule has 1 aliphatic rings. The van der Waals surface area contributed by atoms with Gasteiger partial charge >= 0.3 is 17.9 Å². The predicted molar refractivity (Wildman–Crippen MR) is 149 cm³/mol. The topological polar surface area (TPSA) is 102 Å². The summed E-state index contributed by atoms with van der Waals surface area (Å²) in [4.78, 5) is 48.6. The summed E-state index contributed by atoms with van der Waals surface area (Å²) < 4.78 is 16.6. The van der Waals surface area contributed by atoms with Gasteiger partial charge in [-0.1, -0.05) is 6.07 Å². The van der Waals surface area contributed by atoms with Crippen molar-refractivity contribution < 1.29 is 28.6 Å². The Morgan fingerprint density at radius 1 is 0.667 bits per heavy atom. The smallest absolute Gasteiger partial charge is 0.357 e. The fourth-order valence-electron chi connectivity index (χ4n) is 4.01. The van der Waals surface area contributed by atoms with Gasteiger partial charge in [-0.25, -0.2) is 9.78 Å². The van der Waals surface area contributed by atoms with Crippen molar-refractivity contribution in [1.82, 2.24) is 19.7 Å². The van der Waals surface area contributed by atoms with Crippen molar-refractivity contribution in [1.29, 1.82) is 0 Å². The zero-order valence-corrected chi connectivity index (χ0v) is 25.3. The summed E-state index contributed by atoms with van der Waals surface area (Å²) in [5, 5.41) is 0. The molecule has 39 heavy (non-hydrogen) atoms. The standard InChI is InChI=1S/C29H48N4O6/c1-27(2,3)37-24(34)20-32-15-13-31(14-16-33(18-17-32)21-25(35)38-28(4,5)6)19-22-11-10-12-23(30-22)26(36)39-29(7,8)9/h10-12H,13-21H2,1-9H3. The monoisotopic (exact) mass is 548 g/mol. The van der Waals surface area contributed by atoms with E-state index in [2.05, 4.69) is 19.7 Å². The molecule has 10 nitrogen and oxygen atoms in total. The summed E-state index contributed by atoms with van der Waals surface area (Å²) in [6.07, 6.45) is 0. The molecule has 0 amide bonds. The summed E-state index contributed by atoms with van der Waals surface area (Å²) >= 11 is 0. The zero-order chi connectivity index (χ0) is 29.4. The highest BCUT2D eigenvalue weighted by molar-refractivity contribution is 5.87. The Bertz CT molecular complexity index is 935. The number of esters is 3. The number of carbonyl (C=O) groups is 3. The largest absolute Gasteiger partial charge is 0.459 e. The van der Waals surface area contributed by atoms with E-state index in [4.69, 9.17) is 14.2 Å². The lowest BCUT2D eigenvalue weighted by molar-refractivity contribution is -0.158. The van der Waals surface area contributed by atoms with Gasteiger partial charge in [-0.3, -0.25) is 24.3 Å². The molecule has 10 heteroatoms. The van der Waals surface area contributed by atoms with Gasteiger partial charge in [0.2, 0.25) is 0 Å². The first-order chi connectivity index (χ1) is 17.9. The minimum absolute atomic E-state index is 0.164. The maximum absolute atomic E-state index is 12.6. The van der Waals surface area contributed by atoms with Crippen LogP contribution in [-0.4, -0.2) is 107 Å². The molecule has 0 spiro atoms. The normalized spacial score (nSPS) is 17.1. The number of pyridine rings is 1. The van der Waals surface area contributed by atoms with Crippen LogP contribution in [0.4, 0.5) is 0 Å². The van der Waals surface area contributed by atoms with Crippen LogP contribution < -0.4 is 0 Å². The van der Waals surface area contributed by atoms with E-state index >= 15 is 0 Å². The first-order valence-corrected chi connectivity index (χ1v) is 13.7. The van der Waals surface area contributed by atoms with E-state index in [1.165, 1.54) is 0 Å². The maximum Gasteiger partial charge on any atom is 0.357 e. The highest BCUT2D eigenvalue weighted by atomic mass is 16.6. The van der Waals surface area contributed by atoms with Gasteiger partial charge in [0.1, 0.15) is 22.5 Å². The van der Waals surface area contributed by atoms with Crippen molar-refractivity contribution in [3.05, 3.63) is 29.6 Å². The van der Waals surface area contributed by atoms with Gasteiger partial charge in [0, 0.05) is 45.8 Å². The van der Waals surface area contributed by atoms with Gasteiger partial charge in [0.15, 0.2) is 0 Å². The number of ether oxygens (including phenoxy) is 3. The van der Waals surface area contributed by atoms with Crippen LogP contribution in [0.2, 0.25) is 0 Å². The lowest BCUT2D eigenvalue weighted by Crippen LogP contribution is -2.42. The summed E-state index contributed by atoms with van der Waals surface area (Å²) in [7, 11) is 0. The van der Waals surface area contributed by atoms with Crippen LogP contribution >= 0.6 is 0 Å². The fraction of sp³-hybridized carbons (Fsp3) is 0.724. The van der Waals surface area contributed by atoms with Crippen molar-refractivity contribution in [2.45, 2.75) is 85.7 Å². The molecule has 1 aromatic heterocycles. The Hall–Kier alpha value is -2.56. The van der Waals surface area contributed by atoms with Crippen LogP contribution in [0.5, 0.6) is 0 Å². The van der Waals surface area contributed by atoms with Crippen LogP contribution in [0.3, 0.4) is 0 Å². The van der Waals surface area contributed by atoms with Crippen molar-refractivity contribution >= 4 is 17.9 Å². The molecule has 220 valence electrons. The van der Waals surface area contributed by atoms with E-state index in [0.29, 0.717) is 45.8 Å². The highest BCUT2D eigenvalue weighted by Crippen LogP contribution is 2.14. The number of carbonyl (C=O) groups excluding carboxylic acids is 3. The second-order valence-corrected chi connectivity index (χ2v) is 13.0. The summed E-state index contributed by atoms with van der Waals surface area (Å²) in [6.45, 7) is 21.3. The molecule has 1 saturated heterocycles. The molecule has 1 aromatic rings. The molecule has 0 saturated carbocycles. The van der Waals surface area contributed by atoms with Crippen LogP contribution in [0, 0.1) is 0 Å². The minimum Gasteiger partial charge on any atom is -0.459 e. The van der Waals surface area contributed by atoms with E-state index in [-0.39, 0.29) is 30.7 Å². The average molecular weight is 549 g/mol. The summed E-state index contributed by atoms with van der Waals surface area (Å²) in [5.41, 5.74) is -0.711. The number of hydrogen-bond donors (Lipinski definition) is 0. The second kappa shape index (κ2) is 13.7. The predicted octanol–water partition coefficient (Wildman–Crippen LogP) is 3.14. The third kappa shape index (κ3) is 13.9. The van der Waals surface area contributed by atoms with Gasteiger partial charge in [0.25, 0.3) is 0 Å². The van der Waals surface area contributed by atoms with Crippen LogP contribution in [-0.2, 0) is 30.3 Å². The molecule has 2 rings (SSSR count). The van der Waals surface area contributed by atoms with Crippen LogP contribution in [0.15, 0.2) is 18.2 Å². The minimum atomic E-state index is -0.606. The van der Waals surface area contributed by atoms with E-state index in [0.717, 1.165) is 5.69 Å². The molecule has 0 N–H and O–H groups in total. The van der Waals surface area contributed by atoms with E-state index in [9.17, 15) is 14.4 Å². The number of nitrogens with zero attached hydrogens (tertiary/aromatic N) is 4. The lowest BCUT2D eigenvalue weighted by Gasteiger charge is -2.27. The van der Waals surface area contributed by atoms with Gasteiger partial charge in [-0.2, -0.15) is 0 Å². The Balaban J connectivity index is 2.16. The SMILES string of the molecule is CC(C)(C)OC(=O)CN1CCN(CC(=O)OC(C)(C)C)CCN(Cc2cccc(C(=O)OC(C)(C)C)n2)CC1. The molecule has 0 aliphatic carbocycles. The maximum atomic E-state index is 12.6. The molecule has 0 atom stereocenters. The Kier molecular flexibility index (Phi) is 11.4. The molecule has 0 radical (unpaired) electrons. The number of aromatic nitrogens is 1. The van der Waals surface area contributed by atoms with Gasteiger partial charge in [-0.15, -0.1) is 0 Å². The second-order valence-electron chi connectivity index (χ2n) is 13.0. The summed E-state index contributed by atoms with van der Waals surface area (Å²) in [5.74, 6) is -1.02. The van der Waals surface area contributed by atoms with Crippen molar-refractivity contribution in [3.63, 3.8) is 0 Å². The Labute approximate surface area is 234 Å². The molecule has 0 bridgehead atoms. The van der Waals surface area contributed by atoms with Crippen molar-refractivity contribution in [2.75, 3.05) is 52.4 Å². The molecular formula is C29H48N4O6. The van der Waals surface area contributed by atoms with Gasteiger partial charge < -0.3 is 14.2 Å². The fourth-order valence-corrected chi connectivity index (χ4v) is 4.01. The van der Waals surface area contributed by atoms with Crippen LogP contribution in [0.25, 0.3) is 0 Å². The number of hydrogen-bond acceptors (Lipinski definition) is 10.